The van der Waals surface area contributed by atoms with E-state index in [0.29, 0.717) is 12.0 Å². The van der Waals surface area contributed by atoms with E-state index < -0.39 is 0 Å². The highest BCUT2D eigenvalue weighted by Crippen LogP contribution is 2.24. The largest absolute Gasteiger partial charge is 0.350 e. The van der Waals surface area contributed by atoms with Crippen LogP contribution in [-0.2, 0) is 9.47 Å². The molecule has 1 saturated heterocycles. The second-order valence-corrected chi connectivity index (χ2v) is 5.73. The van der Waals surface area contributed by atoms with Gasteiger partial charge in [0.1, 0.15) is 0 Å². The number of hydrogen-bond acceptors (Lipinski definition) is 3. The average Bonchev–Trinajstić information content (AvgIpc) is 2.96. The van der Waals surface area contributed by atoms with Crippen molar-refractivity contribution in [2.75, 3.05) is 19.8 Å². The van der Waals surface area contributed by atoms with Crippen LogP contribution in [0.5, 0.6) is 0 Å². The zero-order valence-electron chi connectivity index (χ0n) is 12.9. The first-order valence-corrected chi connectivity index (χ1v) is 7.77. The summed E-state index contributed by atoms with van der Waals surface area (Å²) in [6, 6.07) is 9.24. The first-order valence-electron chi connectivity index (χ1n) is 7.77. The molecule has 0 radical (unpaired) electrons. The van der Waals surface area contributed by atoms with Gasteiger partial charge in [-0.3, -0.25) is 0 Å². The molecular weight excluding hydrogens is 250 g/mol. The maximum atomic E-state index is 5.58. The predicted octanol–water partition coefficient (Wildman–Crippen LogP) is 3.61. The monoisotopic (exact) mass is 277 g/mol. The zero-order valence-corrected chi connectivity index (χ0v) is 12.9. The third-order valence-electron chi connectivity index (χ3n) is 3.77. The maximum absolute atomic E-state index is 5.58. The second-order valence-electron chi connectivity index (χ2n) is 5.73. The Balaban J connectivity index is 2.03. The molecule has 0 amide bonds. The van der Waals surface area contributed by atoms with Gasteiger partial charge in [0.25, 0.3) is 0 Å². The third-order valence-corrected chi connectivity index (χ3v) is 3.77. The Bertz CT molecular complexity index is 382. The molecule has 3 heteroatoms. The fourth-order valence-electron chi connectivity index (χ4n) is 2.50. The highest BCUT2D eigenvalue weighted by atomic mass is 16.7. The Hall–Kier alpha value is -0.900. The topological polar surface area (TPSA) is 30.5 Å². The summed E-state index contributed by atoms with van der Waals surface area (Å²) < 4.78 is 11.2. The van der Waals surface area contributed by atoms with E-state index in [4.69, 9.17) is 9.47 Å². The number of benzene rings is 1. The normalized spacial score (nSPS) is 17.8. The molecule has 2 rings (SSSR count). The summed E-state index contributed by atoms with van der Waals surface area (Å²) in [5.41, 5.74) is 2.71. The molecule has 1 fully saturated rings. The molecule has 0 spiro atoms. The van der Waals surface area contributed by atoms with Gasteiger partial charge in [0.2, 0.25) is 0 Å². The van der Waals surface area contributed by atoms with Crippen molar-refractivity contribution in [2.24, 2.45) is 0 Å². The fraction of sp³-hybridized carbons (Fsp3) is 0.647. The number of ether oxygens (including phenoxy) is 2. The highest BCUT2D eigenvalue weighted by Gasteiger charge is 2.22. The van der Waals surface area contributed by atoms with Crippen molar-refractivity contribution in [1.29, 1.82) is 0 Å². The van der Waals surface area contributed by atoms with Gasteiger partial charge in [-0.1, -0.05) is 45.0 Å². The van der Waals surface area contributed by atoms with Crippen molar-refractivity contribution in [3.8, 4) is 0 Å². The van der Waals surface area contributed by atoms with Crippen LogP contribution in [0.15, 0.2) is 24.3 Å². The van der Waals surface area contributed by atoms with Crippen molar-refractivity contribution in [3.05, 3.63) is 35.4 Å². The summed E-state index contributed by atoms with van der Waals surface area (Å²) in [6.07, 6.45) is 1.95. The number of hydrogen-bond donors (Lipinski definition) is 1. The van der Waals surface area contributed by atoms with Gasteiger partial charge in [0, 0.05) is 12.5 Å². The molecule has 1 atom stereocenters. The van der Waals surface area contributed by atoms with Crippen LogP contribution < -0.4 is 5.32 Å². The first kappa shape index (κ1) is 15.5. The van der Waals surface area contributed by atoms with Crippen LogP contribution in [0.2, 0.25) is 0 Å². The molecule has 1 N–H and O–H groups in total. The van der Waals surface area contributed by atoms with E-state index in [1.54, 1.807) is 0 Å². The van der Waals surface area contributed by atoms with E-state index in [-0.39, 0.29) is 6.29 Å². The summed E-state index contributed by atoms with van der Waals surface area (Å²) in [7, 11) is 0. The summed E-state index contributed by atoms with van der Waals surface area (Å²) in [5, 5.41) is 3.60. The Morgan fingerprint density at radius 3 is 2.25 bits per heavy atom. The number of nitrogens with one attached hydrogen (secondary N) is 1. The van der Waals surface area contributed by atoms with Crippen molar-refractivity contribution in [3.63, 3.8) is 0 Å². The molecule has 1 aromatic carbocycles. The van der Waals surface area contributed by atoms with E-state index >= 15 is 0 Å². The van der Waals surface area contributed by atoms with E-state index in [1.165, 1.54) is 11.1 Å². The molecule has 1 aromatic rings. The minimum atomic E-state index is -0.0610. The van der Waals surface area contributed by atoms with Crippen LogP contribution in [-0.4, -0.2) is 26.0 Å². The van der Waals surface area contributed by atoms with Crippen LogP contribution in [0.3, 0.4) is 0 Å². The minimum Gasteiger partial charge on any atom is -0.350 e. The van der Waals surface area contributed by atoms with Gasteiger partial charge >= 0.3 is 0 Å². The lowest BCUT2D eigenvalue weighted by Gasteiger charge is -2.22. The molecule has 1 aliphatic heterocycles. The predicted molar refractivity (Wildman–Crippen MR) is 81.9 cm³/mol. The van der Waals surface area contributed by atoms with Crippen molar-refractivity contribution in [1.82, 2.24) is 5.32 Å². The molecule has 0 bridgehead atoms. The highest BCUT2D eigenvalue weighted by molar-refractivity contribution is 5.27. The fourth-order valence-corrected chi connectivity index (χ4v) is 2.50. The smallest absolute Gasteiger partial charge is 0.159 e. The Kier molecular flexibility index (Phi) is 6.02. The zero-order chi connectivity index (χ0) is 14.4. The van der Waals surface area contributed by atoms with E-state index in [1.807, 2.05) is 0 Å². The maximum Gasteiger partial charge on any atom is 0.159 e. The van der Waals surface area contributed by atoms with Crippen LogP contribution >= 0.6 is 0 Å². The average molecular weight is 277 g/mol. The lowest BCUT2D eigenvalue weighted by atomic mass is 9.97. The molecule has 0 saturated carbocycles. The standard InChI is InChI=1S/C17H27NO2/c1-4-9-18-16(12-17-19-10-11-20-17)15-7-5-14(6-8-15)13(2)3/h5-8,13,16-18H,4,9-12H2,1-3H3. The number of rotatable bonds is 7. The van der Waals surface area contributed by atoms with Gasteiger partial charge in [0.15, 0.2) is 6.29 Å². The molecule has 0 aliphatic carbocycles. The van der Waals surface area contributed by atoms with Crippen molar-refractivity contribution in [2.45, 2.75) is 51.9 Å². The van der Waals surface area contributed by atoms with Crippen LogP contribution in [0.4, 0.5) is 0 Å². The lowest BCUT2D eigenvalue weighted by molar-refractivity contribution is -0.0530. The summed E-state index contributed by atoms with van der Waals surface area (Å²) in [5.74, 6) is 0.576. The lowest BCUT2D eigenvalue weighted by Crippen LogP contribution is -2.26. The summed E-state index contributed by atoms with van der Waals surface area (Å²) in [4.78, 5) is 0. The van der Waals surface area contributed by atoms with E-state index in [2.05, 4.69) is 50.4 Å². The molecule has 1 heterocycles. The van der Waals surface area contributed by atoms with Gasteiger partial charge in [-0.05, 0) is 30.0 Å². The SMILES string of the molecule is CCCNC(CC1OCCO1)c1ccc(C(C)C)cc1. The first-order chi connectivity index (χ1) is 9.70. The molecule has 1 aliphatic rings. The van der Waals surface area contributed by atoms with Gasteiger partial charge in [-0.15, -0.1) is 0 Å². The molecular formula is C17H27NO2. The van der Waals surface area contributed by atoms with Crippen LogP contribution in [0.25, 0.3) is 0 Å². The Labute approximate surface area is 122 Å². The minimum absolute atomic E-state index is 0.0610. The third kappa shape index (κ3) is 4.30. The van der Waals surface area contributed by atoms with Gasteiger partial charge < -0.3 is 14.8 Å². The molecule has 0 aromatic heterocycles. The van der Waals surface area contributed by atoms with E-state index in [9.17, 15) is 0 Å². The van der Waals surface area contributed by atoms with Crippen LogP contribution in [0.1, 0.15) is 56.7 Å². The second kappa shape index (κ2) is 7.77. The molecule has 3 nitrogen and oxygen atoms in total. The summed E-state index contributed by atoms with van der Waals surface area (Å²) in [6.45, 7) is 9.09. The van der Waals surface area contributed by atoms with Crippen molar-refractivity contribution < 1.29 is 9.47 Å². The molecule has 112 valence electrons. The Morgan fingerprint density at radius 1 is 1.10 bits per heavy atom. The van der Waals surface area contributed by atoms with Crippen molar-refractivity contribution >= 4 is 0 Å². The van der Waals surface area contributed by atoms with Gasteiger partial charge in [-0.25, -0.2) is 0 Å². The van der Waals surface area contributed by atoms with Gasteiger partial charge in [-0.2, -0.15) is 0 Å². The van der Waals surface area contributed by atoms with E-state index in [0.717, 1.165) is 32.6 Å². The summed E-state index contributed by atoms with van der Waals surface area (Å²) >= 11 is 0. The Morgan fingerprint density at radius 2 is 1.70 bits per heavy atom. The quantitative estimate of drug-likeness (QED) is 0.826. The van der Waals surface area contributed by atoms with Gasteiger partial charge in [0.05, 0.1) is 13.2 Å². The molecule has 20 heavy (non-hydrogen) atoms. The van der Waals surface area contributed by atoms with Crippen LogP contribution in [0, 0.1) is 0 Å². The molecule has 1 unspecified atom stereocenters.